The molecule has 1 saturated heterocycles. The summed E-state index contributed by atoms with van der Waals surface area (Å²) < 4.78 is 0. The van der Waals surface area contributed by atoms with Gasteiger partial charge < -0.3 is 5.32 Å². The fourth-order valence-electron chi connectivity index (χ4n) is 3.10. The van der Waals surface area contributed by atoms with Crippen LogP contribution in [0.15, 0.2) is 24.3 Å². The van der Waals surface area contributed by atoms with E-state index in [0.29, 0.717) is 6.04 Å². The Balaban J connectivity index is 1.54. The molecule has 2 fully saturated rings. The first-order chi connectivity index (χ1) is 9.35. The zero-order valence-corrected chi connectivity index (χ0v) is 12.1. The Morgan fingerprint density at radius 1 is 1.16 bits per heavy atom. The molecule has 1 aromatic rings. The van der Waals surface area contributed by atoms with Crippen molar-refractivity contribution in [1.29, 1.82) is 0 Å². The molecular weight excluding hydrogens is 232 g/mol. The molecule has 2 aliphatic rings. The van der Waals surface area contributed by atoms with Gasteiger partial charge in [-0.25, -0.2) is 0 Å². The van der Waals surface area contributed by atoms with Gasteiger partial charge in [0.1, 0.15) is 0 Å². The molecule has 0 radical (unpaired) electrons. The molecule has 0 bridgehead atoms. The standard InChI is InChI=1S/C17H26N2/c1-2-19(13-17-4-3-11-18-17)12-14-5-7-15(8-6-14)16-9-10-16/h5-8,16-18H,2-4,9-13H2,1H3. The molecule has 19 heavy (non-hydrogen) atoms. The quantitative estimate of drug-likeness (QED) is 0.843. The van der Waals surface area contributed by atoms with Crippen molar-refractivity contribution in [2.45, 2.75) is 51.1 Å². The Morgan fingerprint density at radius 2 is 1.95 bits per heavy atom. The van der Waals surface area contributed by atoms with Crippen molar-refractivity contribution in [3.8, 4) is 0 Å². The predicted octanol–water partition coefficient (Wildman–Crippen LogP) is 3.14. The molecule has 1 aliphatic carbocycles. The number of hydrogen-bond donors (Lipinski definition) is 1. The van der Waals surface area contributed by atoms with Crippen LogP contribution >= 0.6 is 0 Å². The lowest BCUT2D eigenvalue weighted by atomic mass is 10.1. The number of hydrogen-bond acceptors (Lipinski definition) is 2. The summed E-state index contributed by atoms with van der Waals surface area (Å²) in [4.78, 5) is 2.56. The molecule has 2 nitrogen and oxygen atoms in total. The van der Waals surface area contributed by atoms with Crippen LogP contribution in [0.2, 0.25) is 0 Å². The average molecular weight is 258 g/mol. The van der Waals surface area contributed by atoms with Gasteiger partial charge in [0.2, 0.25) is 0 Å². The third-order valence-corrected chi connectivity index (χ3v) is 4.52. The van der Waals surface area contributed by atoms with Crippen LogP contribution in [-0.4, -0.2) is 30.6 Å². The highest BCUT2D eigenvalue weighted by atomic mass is 15.1. The van der Waals surface area contributed by atoms with Crippen molar-refractivity contribution in [2.75, 3.05) is 19.6 Å². The van der Waals surface area contributed by atoms with Crippen LogP contribution in [0.5, 0.6) is 0 Å². The van der Waals surface area contributed by atoms with Gasteiger partial charge in [-0.2, -0.15) is 0 Å². The summed E-state index contributed by atoms with van der Waals surface area (Å²) >= 11 is 0. The second-order valence-corrected chi connectivity index (χ2v) is 6.14. The maximum Gasteiger partial charge on any atom is 0.0234 e. The van der Waals surface area contributed by atoms with Gasteiger partial charge in [-0.3, -0.25) is 4.90 Å². The highest BCUT2D eigenvalue weighted by Crippen LogP contribution is 2.39. The Morgan fingerprint density at radius 3 is 2.53 bits per heavy atom. The van der Waals surface area contributed by atoms with E-state index >= 15 is 0 Å². The SMILES string of the molecule is CCN(Cc1ccc(C2CC2)cc1)CC1CCCN1. The van der Waals surface area contributed by atoms with Crippen LogP contribution in [-0.2, 0) is 6.54 Å². The summed E-state index contributed by atoms with van der Waals surface area (Å²) in [6.45, 7) is 6.91. The zero-order chi connectivity index (χ0) is 13.1. The summed E-state index contributed by atoms with van der Waals surface area (Å²) in [7, 11) is 0. The third-order valence-electron chi connectivity index (χ3n) is 4.52. The molecule has 3 rings (SSSR count). The molecule has 1 N–H and O–H groups in total. The molecule has 1 unspecified atom stereocenters. The molecule has 0 amide bonds. The van der Waals surface area contributed by atoms with E-state index in [1.54, 1.807) is 5.56 Å². The summed E-state index contributed by atoms with van der Waals surface area (Å²) in [6, 6.07) is 10.1. The average Bonchev–Trinajstić information content (AvgIpc) is 3.17. The fourth-order valence-corrected chi connectivity index (χ4v) is 3.10. The van der Waals surface area contributed by atoms with Crippen LogP contribution in [0, 0.1) is 0 Å². The van der Waals surface area contributed by atoms with Crippen LogP contribution in [0.4, 0.5) is 0 Å². The normalized spacial score (nSPS) is 23.2. The lowest BCUT2D eigenvalue weighted by Crippen LogP contribution is -2.37. The molecule has 1 aromatic carbocycles. The van der Waals surface area contributed by atoms with Crippen molar-refractivity contribution in [3.05, 3.63) is 35.4 Å². The lowest BCUT2D eigenvalue weighted by Gasteiger charge is -2.24. The fraction of sp³-hybridized carbons (Fsp3) is 0.647. The molecule has 0 aromatic heterocycles. The predicted molar refractivity (Wildman–Crippen MR) is 80.4 cm³/mol. The smallest absolute Gasteiger partial charge is 0.0234 e. The van der Waals surface area contributed by atoms with Gasteiger partial charge in [0.05, 0.1) is 0 Å². The highest BCUT2D eigenvalue weighted by Gasteiger charge is 2.23. The summed E-state index contributed by atoms with van der Waals surface area (Å²) in [5.74, 6) is 0.874. The zero-order valence-electron chi connectivity index (χ0n) is 12.1. The topological polar surface area (TPSA) is 15.3 Å². The number of benzene rings is 1. The van der Waals surface area contributed by atoms with Gasteiger partial charge in [0, 0.05) is 19.1 Å². The van der Waals surface area contributed by atoms with Crippen molar-refractivity contribution < 1.29 is 0 Å². The monoisotopic (exact) mass is 258 g/mol. The van der Waals surface area contributed by atoms with Gasteiger partial charge in [0.25, 0.3) is 0 Å². The Hall–Kier alpha value is -0.860. The van der Waals surface area contributed by atoms with E-state index in [4.69, 9.17) is 0 Å². The molecule has 2 heteroatoms. The van der Waals surface area contributed by atoms with Crippen molar-refractivity contribution >= 4 is 0 Å². The number of nitrogens with one attached hydrogen (secondary N) is 1. The van der Waals surface area contributed by atoms with E-state index in [9.17, 15) is 0 Å². The second-order valence-electron chi connectivity index (χ2n) is 6.14. The summed E-state index contributed by atoms with van der Waals surface area (Å²) in [6.07, 6.45) is 5.48. The Bertz CT molecular complexity index is 388. The maximum atomic E-state index is 3.60. The van der Waals surface area contributed by atoms with E-state index < -0.39 is 0 Å². The molecule has 1 saturated carbocycles. The largest absolute Gasteiger partial charge is 0.313 e. The minimum absolute atomic E-state index is 0.714. The minimum atomic E-state index is 0.714. The number of nitrogens with zero attached hydrogens (tertiary/aromatic N) is 1. The van der Waals surface area contributed by atoms with E-state index in [0.717, 1.165) is 19.0 Å². The molecule has 1 heterocycles. The van der Waals surface area contributed by atoms with Gasteiger partial charge in [-0.15, -0.1) is 0 Å². The molecule has 1 aliphatic heterocycles. The number of likely N-dealkylation sites (N-methyl/N-ethyl adjacent to an activating group) is 1. The van der Waals surface area contributed by atoms with Crippen molar-refractivity contribution in [1.82, 2.24) is 10.2 Å². The maximum absolute atomic E-state index is 3.60. The summed E-state index contributed by atoms with van der Waals surface area (Å²) in [5, 5.41) is 3.60. The second kappa shape index (κ2) is 6.06. The van der Waals surface area contributed by atoms with Crippen molar-refractivity contribution in [2.24, 2.45) is 0 Å². The van der Waals surface area contributed by atoms with Gasteiger partial charge in [0.15, 0.2) is 0 Å². The minimum Gasteiger partial charge on any atom is -0.313 e. The van der Waals surface area contributed by atoms with E-state index in [1.807, 2.05) is 0 Å². The van der Waals surface area contributed by atoms with Crippen LogP contribution < -0.4 is 5.32 Å². The van der Waals surface area contributed by atoms with Gasteiger partial charge >= 0.3 is 0 Å². The van der Waals surface area contributed by atoms with Crippen LogP contribution in [0.1, 0.15) is 49.7 Å². The number of rotatable bonds is 6. The van der Waals surface area contributed by atoms with Crippen LogP contribution in [0.25, 0.3) is 0 Å². The highest BCUT2D eigenvalue weighted by molar-refractivity contribution is 5.28. The van der Waals surface area contributed by atoms with Gasteiger partial charge in [-0.1, -0.05) is 31.2 Å². The molecular formula is C17H26N2. The molecule has 1 atom stereocenters. The van der Waals surface area contributed by atoms with E-state index in [2.05, 4.69) is 41.4 Å². The first-order valence-corrected chi connectivity index (χ1v) is 7.89. The Labute approximate surface area is 117 Å². The summed E-state index contributed by atoms with van der Waals surface area (Å²) in [5.41, 5.74) is 3.01. The third kappa shape index (κ3) is 3.58. The van der Waals surface area contributed by atoms with Crippen LogP contribution in [0.3, 0.4) is 0 Å². The first-order valence-electron chi connectivity index (χ1n) is 7.89. The van der Waals surface area contributed by atoms with E-state index in [1.165, 1.54) is 44.3 Å². The lowest BCUT2D eigenvalue weighted by molar-refractivity contribution is 0.253. The van der Waals surface area contributed by atoms with Crippen molar-refractivity contribution in [3.63, 3.8) is 0 Å². The Kier molecular flexibility index (Phi) is 4.19. The molecule has 0 spiro atoms. The van der Waals surface area contributed by atoms with E-state index in [-0.39, 0.29) is 0 Å². The molecule has 104 valence electrons. The van der Waals surface area contributed by atoms with Gasteiger partial charge in [-0.05, 0) is 55.8 Å². The first kappa shape index (κ1) is 13.1.